The number of hydrogen-bond donors (Lipinski definition) is 1. The summed E-state index contributed by atoms with van der Waals surface area (Å²) < 4.78 is 31.8. The molecule has 0 aromatic heterocycles. The summed E-state index contributed by atoms with van der Waals surface area (Å²) in [6.45, 7) is 4.07. The molecule has 0 aliphatic carbocycles. The van der Waals surface area contributed by atoms with E-state index in [9.17, 15) is 8.78 Å². The summed E-state index contributed by atoms with van der Waals surface area (Å²) in [5.74, 6) is -1.71. The second-order valence-electron chi connectivity index (χ2n) is 3.35. The second kappa shape index (κ2) is 6.23. The Morgan fingerprint density at radius 1 is 1.31 bits per heavy atom. The molecular formula is C12H15F2NO. The van der Waals surface area contributed by atoms with E-state index in [4.69, 9.17) is 10.5 Å². The van der Waals surface area contributed by atoms with Gasteiger partial charge in [-0.05, 0) is 37.1 Å². The first-order chi connectivity index (χ1) is 7.69. The topological polar surface area (TPSA) is 35.2 Å². The quantitative estimate of drug-likeness (QED) is 0.598. The van der Waals surface area contributed by atoms with Crippen LogP contribution in [-0.4, -0.2) is 13.2 Å². The minimum absolute atomic E-state index is 0.216. The fraction of sp³-hybridized carbons (Fsp3) is 0.333. The molecule has 4 heteroatoms. The van der Waals surface area contributed by atoms with Crippen LogP contribution in [-0.2, 0) is 6.42 Å². The summed E-state index contributed by atoms with van der Waals surface area (Å²) in [6.07, 6.45) is 2.61. The zero-order chi connectivity index (χ0) is 12.0. The molecule has 0 bridgehead atoms. The average Bonchev–Trinajstić information content (AvgIpc) is 2.23. The van der Waals surface area contributed by atoms with Crippen molar-refractivity contribution in [2.45, 2.75) is 12.8 Å². The van der Waals surface area contributed by atoms with Gasteiger partial charge < -0.3 is 10.5 Å². The van der Waals surface area contributed by atoms with Crippen LogP contribution in [0, 0.1) is 11.6 Å². The molecule has 0 aliphatic rings. The van der Waals surface area contributed by atoms with Gasteiger partial charge in [-0.2, -0.15) is 0 Å². The van der Waals surface area contributed by atoms with E-state index in [1.807, 2.05) is 0 Å². The minimum Gasteiger partial charge on any atom is -0.487 e. The van der Waals surface area contributed by atoms with E-state index in [2.05, 4.69) is 6.58 Å². The normalized spacial score (nSPS) is 10.2. The Balaban J connectivity index is 2.80. The predicted molar refractivity (Wildman–Crippen MR) is 59.4 cm³/mol. The lowest BCUT2D eigenvalue weighted by molar-refractivity contribution is 0.290. The smallest absolute Gasteiger partial charge is 0.190 e. The van der Waals surface area contributed by atoms with E-state index in [1.165, 1.54) is 12.1 Å². The Labute approximate surface area is 93.7 Å². The summed E-state index contributed by atoms with van der Waals surface area (Å²) in [6, 6.07) is 2.50. The number of benzene rings is 1. The monoisotopic (exact) mass is 227 g/mol. The molecule has 1 aromatic rings. The van der Waals surface area contributed by atoms with Crippen molar-refractivity contribution in [1.82, 2.24) is 0 Å². The van der Waals surface area contributed by atoms with Gasteiger partial charge in [0, 0.05) is 0 Å². The summed E-state index contributed by atoms with van der Waals surface area (Å²) in [5, 5.41) is 0. The highest BCUT2D eigenvalue weighted by atomic mass is 19.1. The number of nitrogens with two attached hydrogens (primary N) is 1. The zero-order valence-corrected chi connectivity index (χ0v) is 9.01. The van der Waals surface area contributed by atoms with Crippen LogP contribution in [0.25, 0.3) is 0 Å². The third-order valence-electron chi connectivity index (χ3n) is 2.06. The van der Waals surface area contributed by atoms with Crippen LogP contribution >= 0.6 is 0 Å². The van der Waals surface area contributed by atoms with E-state index < -0.39 is 11.6 Å². The lowest BCUT2D eigenvalue weighted by atomic mass is 10.1. The summed E-state index contributed by atoms with van der Waals surface area (Å²) in [5.41, 5.74) is 5.85. The molecule has 1 aromatic carbocycles. The van der Waals surface area contributed by atoms with E-state index in [0.29, 0.717) is 24.9 Å². The largest absolute Gasteiger partial charge is 0.487 e. The van der Waals surface area contributed by atoms with Crippen LogP contribution in [0.3, 0.4) is 0 Å². The molecule has 0 aliphatic heterocycles. The van der Waals surface area contributed by atoms with Crippen LogP contribution < -0.4 is 10.5 Å². The van der Waals surface area contributed by atoms with Crippen molar-refractivity contribution in [3.05, 3.63) is 42.0 Å². The van der Waals surface area contributed by atoms with Crippen molar-refractivity contribution < 1.29 is 13.5 Å². The molecule has 0 atom stereocenters. The molecule has 0 amide bonds. The number of halogens is 2. The Morgan fingerprint density at radius 2 is 1.94 bits per heavy atom. The average molecular weight is 227 g/mol. The molecule has 2 nitrogen and oxygen atoms in total. The van der Waals surface area contributed by atoms with Crippen molar-refractivity contribution in [3.8, 4) is 5.75 Å². The van der Waals surface area contributed by atoms with Crippen LogP contribution in [0.5, 0.6) is 5.75 Å². The maximum absolute atomic E-state index is 13.4. The molecule has 0 radical (unpaired) electrons. The highest BCUT2D eigenvalue weighted by Crippen LogP contribution is 2.23. The van der Waals surface area contributed by atoms with Gasteiger partial charge >= 0.3 is 0 Å². The van der Waals surface area contributed by atoms with E-state index in [1.54, 1.807) is 6.08 Å². The number of ether oxygens (including phenoxy) is 1. The Morgan fingerprint density at radius 3 is 2.44 bits per heavy atom. The van der Waals surface area contributed by atoms with E-state index in [0.717, 1.165) is 0 Å². The maximum atomic E-state index is 13.4. The first-order valence-electron chi connectivity index (χ1n) is 5.10. The highest BCUT2D eigenvalue weighted by Gasteiger charge is 2.11. The molecule has 0 unspecified atom stereocenters. The Bertz CT molecular complexity index is 343. The van der Waals surface area contributed by atoms with Gasteiger partial charge in [0.05, 0.1) is 6.61 Å². The molecule has 0 spiro atoms. The molecule has 0 saturated heterocycles. The second-order valence-corrected chi connectivity index (χ2v) is 3.35. The standard InChI is InChI=1S/C12H15F2NO/c1-2-3-6-16-12-10(13)7-9(4-5-15)8-11(12)14/h2,7-8H,1,3-6,15H2. The van der Waals surface area contributed by atoms with Gasteiger partial charge in [0.1, 0.15) is 0 Å². The molecular weight excluding hydrogens is 212 g/mol. The minimum atomic E-state index is -0.687. The molecule has 16 heavy (non-hydrogen) atoms. The van der Waals surface area contributed by atoms with E-state index in [-0.39, 0.29) is 12.4 Å². The molecule has 0 heterocycles. The SMILES string of the molecule is C=CCCOc1c(F)cc(CCN)cc1F. The fourth-order valence-corrected chi connectivity index (χ4v) is 1.31. The van der Waals surface area contributed by atoms with Gasteiger partial charge in [-0.1, -0.05) is 6.08 Å². The van der Waals surface area contributed by atoms with Crippen molar-refractivity contribution in [2.24, 2.45) is 5.73 Å². The summed E-state index contributed by atoms with van der Waals surface area (Å²) in [4.78, 5) is 0. The van der Waals surface area contributed by atoms with Gasteiger partial charge in [0.2, 0.25) is 0 Å². The zero-order valence-electron chi connectivity index (χ0n) is 9.01. The van der Waals surface area contributed by atoms with Gasteiger partial charge in [0.15, 0.2) is 17.4 Å². The lowest BCUT2D eigenvalue weighted by Crippen LogP contribution is -2.05. The van der Waals surface area contributed by atoms with Crippen LogP contribution in [0.2, 0.25) is 0 Å². The summed E-state index contributed by atoms with van der Waals surface area (Å²) >= 11 is 0. The van der Waals surface area contributed by atoms with Gasteiger partial charge in [-0.25, -0.2) is 8.78 Å². The maximum Gasteiger partial charge on any atom is 0.190 e. The third kappa shape index (κ3) is 3.31. The van der Waals surface area contributed by atoms with E-state index >= 15 is 0 Å². The molecule has 1 rings (SSSR count). The van der Waals surface area contributed by atoms with Gasteiger partial charge in [-0.3, -0.25) is 0 Å². The fourth-order valence-electron chi connectivity index (χ4n) is 1.31. The number of rotatable bonds is 6. The predicted octanol–water partition coefficient (Wildman–Crippen LogP) is 2.42. The van der Waals surface area contributed by atoms with Gasteiger partial charge in [0.25, 0.3) is 0 Å². The molecule has 88 valence electrons. The number of hydrogen-bond acceptors (Lipinski definition) is 2. The van der Waals surface area contributed by atoms with Crippen LogP contribution in [0.15, 0.2) is 24.8 Å². The molecule has 0 saturated carbocycles. The van der Waals surface area contributed by atoms with Crippen LogP contribution in [0.1, 0.15) is 12.0 Å². The lowest BCUT2D eigenvalue weighted by Gasteiger charge is -2.08. The highest BCUT2D eigenvalue weighted by molar-refractivity contribution is 5.31. The Kier molecular flexibility index (Phi) is 4.92. The first kappa shape index (κ1) is 12.6. The Hall–Kier alpha value is -1.42. The molecule has 2 N–H and O–H groups in total. The molecule has 0 fully saturated rings. The summed E-state index contributed by atoms with van der Waals surface area (Å²) in [7, 11) is 0. The first-order valence-corrected chi connectivity index (χ1v) is 5.10. The van der Waals surface area contributed by atoms with Crippen molar-refractivity contribution in [3.63, 3.8) is 0 Å². The van der Waals surface area contributed by atoms with Crippen molar-refractivity contribution in [2.75, 3.05) is 13.2 Å². The third-order valence-corrected chi connectivity index (χ3v) is 2.06. The van der Waals surface area contributed by atoms with Crippen molar-refractivity contribution >= 4 is 0 Å². The van der Waals surface area contributed by atoms with Gasteiger partial charge in [-0.15, -0.1) is 6.58 Å². The van der Waals surface area contributed by atoms with Crippen molar-refractivity contribution in [1.29, 1.82) is 0 Å². The van der Waals surface area contributed by atoms with Crippen LogP contribution in [0.4, 0.5) is 8.78 Å².